The first-order valence-corrected chi connectivity index (χ1v) is 6.56. The van der Waals surface area contributed by atoms with E-state index >= 15 is 0 Å². The number of carbonyl (C=O) groups is 2. The minimum absolute atomic E-state index is 0.0146. The van der Waals surface area contributed by atoms with E-state index in [1.54, 1.807) is 13.2 Å². The van der Waals surface area contributed by atoms with Gasteiger partial charge in [0.05, 0.1) is 7.11 Å². The van der Waals surface area contributed by atoms with Crippen LogP contribution in [0.2, 0.25) is 0 Å². The summed E-state index contributed by atoms with van der Waals surface area (Å²) in [5.74, 6) is 0.677. The predicted molar refractivity (Wildman–Crippen MR) is 76.2 cm³/mol. The Kier molecular flexibility index (Phi) is 4.76. The van der Waals surface area contributed by atoms with Crippen LogP contribution in [0.4, 0.5) is 0 Å². The fraction of sp³-hybridized carbons (Fsp3) is 0.333. The highest BCUT2D eigenvalue weighted by atomic mass is 16.5. The van der Waals surface area contributed by atoms with Crippen LogP contribution in [0, 0.1) is 0 Å². The van der Waals surface area contributed by atoms with E-state index in [-0.39, 0.29) is 17.9 Å². The Morgan fingerprint density at radius 1 is 1.40 bits per heavy atom. The maximum Gasteiger partial charge on any atom is 0.244 e. The molecule has 20 heavy (non-hydrogen) atoms. The molecule has 2 rings (SSSR count). The zero-order valence-corrected chi connectivity index (χ0v) is 11.4. The summed E-state index contributed by atoms with van der Waals surface area (Å²) in [7, 11) is 1.61. The van der Waals surface area contributed by atoms with Gasteiger partial charge in [-0.3, -0.25) is 9.59 Å². The van der Waals surface area contributed by atoms with Crippen LogP contribution >= 0.6 is 0 Å². The monoisotopic (exact) mass is 274 g/mol. The van der Waals surface area contributed by atoms with E-state index in [0.29, 0.717) is 19.4 Å². The van der Waals surface area contributed by atoms with Gasteiger partial charge in [-0.15, -0.1) is 0 Å². The predicted octanol–water partition coefficient (Wildman–Crippen LogP) is 1.10. The van der Waals surface area contributed by atoms with Crippen molar-refractivity contribution in [3.05, 3.63) is 35.9 Å². The van der Waals surface area contributed by atoms with Crippen LogP contribution in [0.3, 0.4) is 0 Å². The van der Waals surface area contributed by atoms with E-state index < -0.39 is 0 Å². The lowest BCUT2D eigenvalue weighted by Gasteiger charge is -2.22. The molecule has 1 aliphatic rings. The van der Waals surface area contributed by atoms with Crippen molar-refractivity contribution in [3.8, 4) is 5.75 Å². The molecule has 1 atom stereocenters. The van der Waals surface area contributed by atoms with E-state index in [1.165, 1.54) is 6.08 Å². The minimum Gasteiger partial charge on any atom is -0.497 e. The van der Waals surface area contributed by atoms with Crippen LogP contribution in [-0.2, 0) is 9.59 Å². The zero-order chi connectivity index (χ0) is 14.4. The van der Waals surface area contributed by atoms with Gasteiger partial charge in [-0.1, -0.05) is 12.1 Å². The van der Waals surface area contributed by atoms with Crippen molar-refractivity contribution < 1.29 is 14.3 Å². The van der Waals surface area contributed by atoms with Crippen LogP contribution < -0.4 is 15.4 Å². The van der Waals surface area contributed by atoms with Crippen molar-refractivity contribution in [1.82, 2.24) is 10.6 Å². The molecule has 1 aromatic carbocycles. The molecule has 0 aromatic heterocycles. The summed E-state index contributed by atoms with van der Waals surface area (Å²) in [6.07, 6.45) is 4.40. The van der Waals surface area contributed by atoms with Gasteiger partial charge in [-0.05, 0) is 30.2 Å². The fourth-order valence-corrected chi connectivity index (χ4v) is 1.99. The van der Waals surface area contributed by atoms with Gasteiger partial charge in [0, 0.05) is 25.1 Å². The van der Waals surface area contributed by atoms with Crippen molar-refractivity contribution in [2.24, 2.45) is 0 Å². The molecular weight excluding hydrogens is 256 g/mol. The summed E-state index contributed by atoms with van der Waals surface area (Å²) in [5.41, 5.74) is 0.929. The first-order valence-electron chi connectivity index (χ1n) is 6.56. The maximum atomic E-state index is 11.8. The second-order valence-electron chi connectivity index (χ2n) is 4.65. The van der Waals surface area contributed by atoms with Crippen LogP contribution in [0.25, 0.3) is 6.08 Å². The second kappa shape index (κ2) is 6.75. The van der Waals surface area contributed by atoms with E-state index in [0.717, 1.165) is 11.3 Å². The van der Waals surface area contributed by atoms with Gasteiger partial charge in [-0.25, -0.2) is 0 Å². The lowest BCUT2D eigenvalue weighted by atomic mass is 10.1. The molecule has 1 heterocycles. The molecule has 2 amide bonds. The molecule has 0 saturated carbocycles. The molecule has 106 valence electrons. The van der Waals surface area contributed by atoms with Gasteiger partial charge >= 0.3 is 0 Å². The van der Waals surface area contributed by atoms with Crippen LogP contribution in [0.1, 0.15) is 18.4 Å². The Bertz CT molecular complexity index is 498. The molecule has 5 heteroatoms. The number of benzene rings is 1. The summed E-state index contributed by atoms with van der Waals surface area (Å²) in [6, 6.07) is 7.45. The topological polar surface area (TPSA) is 67.4 Å². The number of amides is 2. The third-order valence-electron chi connectivity index (χ3n) is 3.15. The van der Waals surface area contributed by atoms with Crippen molar-refractivity contribution in [3.63, 3.8) is 0 Å². The first kappa shape index (κ1) is 14.1. The molecule has 0 radical (unpaired) electrons. The van der Waals surface area contributed by atoms with E-state index in [1.807, 2.05) is 24.3 Å². The quantitative estimate of drug-likeness (QED) is 0.808. The number of rotatable bonds is 4. The molecular formula is C15H18N2O3. The third-order valence-corrected chi connectivity index (χ3v) is 3.15. The SMILES string of the molecule is COc1ccc(C=CC(=O)NC2CCC(=O)NC2)cc1. The molecule has 1 unspecified atom stereocenters. The summed E-state index contributed by atoms with van der Waals surface area (Å²) in [6.45, 7) is 0.501. The average Bonchev–Trinajstić information content (AvgIpc) is 2.48. The molecule has 1 aromatic rings. The second-order valence-corrected chi connectivity index (χ2v) is 4.65. The highest BCUT2D eigenvalue weighted by Crippen LogP contribution is 2.12. The smallest absolute Gasteiger partial charge is 0.244 e. The average molecular weight is 274 g/mol. The number of carbonyl (C=O) groups excluding carboxylic acids is 2. The number of hydrogen-bond acceptors (Lipinski definition) is 3. The Hall–Kier alpha value is -2.30. The van der Waals surface area contributed by atoms with Crippen molar-refractivity contribution in [2.45, 2.75) is 18.9 Å². The van der Waals surface area contributed by atoms with Gasteiger partial charge < -0.3 is 15.4 Å². The van der Waals surface area contributed by atoms with Gasteiger partial charge in [0.2, 0.25) is 11.8 Å². The Balaban J connectivity index is 1.83. The molecule has 1 saturated heterocycles. The standard InChI is InChI=1S/C15H18N2O3/c1-20-13-6-2-11(3-7-13)4-8-15(19)17-12-5-9-14(18)16-10-12/h2-4,6-8,12H,5,9-10H2,1H3,(H,16,18)(H,17,19). The Labute approximate surface area is 118 Å². The number of hydrogen-bond donors (Lipinski definition) is 2. The zero-order valence-electron chi connectivity index (χ0n) is 11.4. The van der Waals surface area contributed by atoms with Crippen LogP contribution in [0.5, 0.6) is 5.75 Å². The minimum atomic E-state index is -0.151. The fourth-order valence-electron chi connectivity index (χ4n) is 1.99. The molecule has 5 nitrogen and oxygen atoms in total. The molecule has 0 aliphatic carbocycles. The number of methoxy groups -OCH3 is 1. The number of nitrogens with one attached hydrogen (secondary N) is 2. The van der Waals surface area contributed by atoms with Gasteiger partial charge in [0.25, 0.3) is 0 Å². The number of ether oxygens (including phenoxy) is 1. The Morgan fingerprint density at radius 3 is 2.75 bits per heavy atom. The van der Waals surface area contributed by atoms with Crippen molar-refractivity contribution >= 4 is 17.9 Å². The summed E-state index contributed by atoms with van der Waals surface area (Å²) in [5, 5.41) is 5.60. The molecule has 1 aliphatic heterocycles. The van der Waals surface area contributed by atoms with Gasteiger partial charge in [0.1, 0.15) is 5.75 Å². The van der Waals surface area contributed by atoms with Gasteiger partial charge in [0.15, 0.2) is 0 Å². The molecule has 2 N–H and O–H groups in total. The largest absolute Gasteiger partial charge is 0.497 e. The van der Waals surface area contributed by atoms with Crippen LogP contribution in [0.15, 0.2) is 30.3 Å². The van der Waals surface area contributed by atoms with Crippen LogP contribution in [-0.4, -0.2) is 31.5 Å². The highest BCUT2D eigenvalue weighted by Gasteiger charge is 2.18. The van der Waals surface area contributed by atoms with E-state index in [2.05, 4.69) is 10.6 Å². The first-order chi connectivity index (χ1) is 9.67. The molecule has 0 bridgehead atoms. The summed E-state index contributed by atoms with van der Waals surface area (Å²) >= 11 is 0. The maximum absolute atomic E-state index is 11.8. The summed E-state index contributed by atoms with van der Waals surface area (Å²) in [4.78, 5) is 22.8. The lowest BCUT2D eigenvalue weighted by molar-refractivity contribution is -0.124. The Morgan fingerprint density at radius 2 is 2.15 bits per heavy atom. The third kappa shape index (κ3) is 4.12. The van der Waals surface area contributed by atoms with Crippen molar-refractivity contribution in [1.29, 1.82) is 0 Å². The van der Waals surface area contributed by atoms with E-state index in [9.17, 15) is 9.59 Å². The van der Waals surface area contributed by atoms with E-state index in [4.69, 9.17) is 4.74 Å². The highest BCUT2D eigenvalue weighted by molar-refractivity contribution is 5.92. The lowest BCUT2D eigenvalue weighted by Crippen LogP contribution is -2.47. The normalized spacial score (nSPS) is 18.6. The van der Waals surface area contributed by atoms with Crippen molar-refractivity contribution in [2.75, 3.05) is 13.7 Å². The number of piperidine rings is 1. The molecule has 0 spiro atoms. The van der Waals surface area contributed by atoms with Gasteiger partial charge in [-0.2, -0.15) is 0 Å². The molecule has 1 fully saturated rings. The summed E-state index contributed by atoms with van der Waals surface area (Å²) < 4.78 is 5.07.